The van der Waals surface area contributed by atoms with Gasteiger partial charge in [0.15, 0.2) is 11.6 Å². The van der Waals surface area contributed by atoms with E-state index >= 15 is 0 Å². The topological polar surface area (TPSA) is 20.2 Å². The lowest BCUT2D eigenvalue weighted by Crippen LogP contribution is -2.04. The number of hydrogen-bond donors (Lipinski definition) is 1. The van der Waals surface area contributed by atoms with Gasteiger partial charge in [-0.25, -0.2) is 8.78 Å². The lowest BCUT2D eigenvalue weighted by molar-refractivity contribution is 0.213. The first-order chi connectivity index (χ1) is 8.50. The third-order valence-corrected chi connectivity index (χ3v) is 3.27. The highest BCUT2D eigenvalue weighted by molar-refractivity contribution is 6.42. The largest absolute Gasteiger partial charge is 0.384 e. The van der Waals surface area contributed by atoms with Crippen molar-refractivity contribution < 1.29 is 13.9 Å². The van der Waals surface area contributed by atoms with Gasteiger partial charge in [-0.05, 0) is 23.8 Å². The van der Waals surface area contributed by atoms with Gasteiger partial charge in [-0.15, -0.1) is 0 Å². The Bertz CT molecular complexity index is 587. The fraction of sp³-hybridized carbons (Fsp3) is 0.0769. The summed E-state index contributed by atoms with van der Waals surface area (Å²) in [5, 5.41) is 10.6. The molecule has 0 aromatic heterocycles. The highest BCUT2D eigenvalue weighted by Gasteiger charge is 2.18. The highest BCUT2D eigenvalue weighted by Crippen LogP contribution is 2.30. The Morgan fingerprint density at radius 1 is 1.00 bits per heavy atom. The Morgan fingerprint density at radius 3 is 2.39 bits per heavy atom. The summed E-state index contributed by atoms with van der Waals surface area (Å²) < 4.78 is 26.6. The van der Waals surface area contributed by atoms with E-state index in [0.717, 1.165) is 6.07 Å². The molecule has 0 amide bonds. The van der Waals surface area contributed by atoms with Crippen LogP contribution in [0.1, 0.15) is 17.2 Å². The minimum atomic E-state index is -1.30. The van der Waals surface area contributed by atoms with Gasteiger partial charge in [-0.1, -0.05) is 41.4 Å². The summed E-state index contributed by atoms with van der Waals surface area (Å²) >= 11 is 11.5. The molecule has 18 heavy (non-hydrogen) atoms. The second-order valence-corrected chi connectivity index (χ2v) is 4.53. The van der Waals surface area contributed by atoms with Gasteiger partial charge in [0.05, 0.1) is 10.0 Å². The molecule has 0 saturated heterocycles. The molecule has 0 saturated carbocycles. The van der Waals surface area contributed by atoms with Crippen molar-refractivity contribution in [2.24, 2.45) is 0 Å². The molecule has 94 valence electrons. The molecule has 0 heterocycles. The SMILES string of the molecule is OC(c1ccc(Cl)c(Cl)c1)c1cccc(F)c1F. The van der Waals surface area contributed by atoms with E-state index in [-0.39, 0.29) is 10.6 Å². The van der Waals surface area contributed by atoms with Gasteiger partial charge in [0.25, 0.3) is 0 Å². The van der Waals surface area contributed by atoms with Crippen molar-refractivity contribution in [2.75, 3.05) is 0 Å². The summed E-state index contributed by atoms with van der Waals surface area (Å²) in [6.07, 6.45) is -1.30. The first kappa shape index (κ1) is 13.3. The standard InChI is InChI=1S/C13H8Cl2F2O/c14-9-5-4-7(6-10(9)15)13(18)8-2-1-3-11(16)12(8)17/h1-6,13,18H. The lowest BCUT2D eigenvalue weighted by atomic mass is 10.0. The fourth-order valence-corrected chi connectivity index (χ4v) is 1.90. The molecule has 0 spiro atoms. The van der Waals surface area contributed by atoms with Gasteiger partial charge >= 0.3 is 0 Å². The van der Waals surface area contributed by atoms with Crippen molar-refractivity contribution in [1.29, 1.82) is 0 Å². The van der Waals surface area contributed by atoms with Gasteiger partial charge in [0.1, 0.15) is 6.10 Å². The van der Waals surface area contributed by atoms with Gasteiger partial charge in [0, 0.05) is 5.56 Å². The molecule has 0 aliphatic carbocycles. The Kier molecular flexibility index (Phi) is 3.85. The van der Waals surface area contributed by atoms with Gasteiger partial charge in [-0.3, -0.25) is 0 Å². The molecule has 0 aliphatic rings. The monoisotopic (exact) mass is 288 g/mol. The van der Waals surface area contributed by atoms with Crippen LogP contribution < -0.4 is 0 Å². The zero-order valence-electron chi connectivity index (χ0n) is 9.00. The van der Waals surface area contributed by atoms with Crippen LogP contribution in [0.2, 0.25) is 10.0 Å². The number of benzene rings is 2. The second kappa shape index (κ2) is 5.22. The van der Waals surface area contributed by atoms with E-state index in [4.69, 9.17) is 23.2 Å². The molecule has 1 N–H and O–H groups in total. The van der Waals surface area contributed by atoms with Crippen LogP contribution in [0.3, 0.4) is 0 Å². The normalized spacial score (nSPS) is 12.5. The van der Waals surface area contributed by atoms with Crippen LogP contribution >= 0.6 is 23.2 Å². The quantitative estimate of drug-likeness (QED) is 0.871. The second-order valence-electron chi connectivity index (χ2n) is 3.72. The average molecular weight is 289 g/mol. The summed E-state index contributed by atoms with van der Waals surface area (Å²) in [6.45, 7) is 0. The third kappa shape index (κ3) is 2.48. The van der Waals surface area contributed by atoms with E-state index in [1.165, 1.54) is 30.3 Å². The molecule has 0 radical (unpaired) electrons. The zero-order valence-corrected chi connectivity index (χ0v) is 10.5. The minimum absolute atomic E-state index is 0.145. The smallest absolute Gasteiger partial charge is 0.164 e. The molecule has 5 heteroatoms. The maximum absolute atomic E-state index is 13.5. The van der Waals surface area contributed by atoms with Crippen LogP contribution in [-0.2, 0) is 0 Å². The van der Waals surface area contributed by atoms with Crippen molar-refractivity contribution in [3.8, 4) is 0 Å². The van der Waals surface area contributed by atoms with Crippen LogP contribution in [-0.4, -0.2) is 5.11 Å². The molecular weight excluding hydrogens is 281 g/mol. The van der Waals surface area contributed by atoms with E-state index in [1.807, 2.05) is 0 Å². The molecule has 2 aromatic rings. The average Bonchev–Trinajstić information content (AvgIpc) is 2.35. The lowest BCUT2D eigenvalue weighted by Gasteiger charge is -2.13. The maximum Gasteiger partial charge on any atom is 0.164 e. The van der Waals surface area contributed by atoms with Gasteiger partial charge in [-0.2, -0.15) is 0 Å². The number of aliphatic hydroxyl groups excluding tert-OH is 1. The molecule has 2 rings (SSSR count). The summed E-state index contributed by atoms with van der Waals surface area (Å²) in [6, 6.07) is 8.03. The molecule has 1 atom stereocenters. The third-order valence-electron chi connectivity index (χ3n) is 2.54. The van der Waals surface area contributed by atoms with Gasteiger partial charge in [0.2, 0.25) is 0 Å². The first-order valence-electron chi connectivity index (χ1n) is 5.07. The summed E-state index contributed by atoms with van der Waals surface area (Å²) in [4.78, 5) is 0. The van der Waals surface area contributed by atoms with E-state index in [1.54, 1.807) is 0 Å². The highest BCUT2D eigenvalue weighted by atomic mass is 35.5. The predicted molar refractivity (Wildman–Crippen MR) is 66.9 cm³/mol. The Morgan fingerprint density at radius 2 is 1.72 bits per heavy atom. The summed E-state index contributed by atoms with van der Waals surface area (Å²) in [5.41, 5.74) is 0.197. The molecule has 0 fully saturated rings. The van der Waals surface area contributed by atoms with Crippen molar-refractivity contribution >= 4 is 23.2 Å². The fourth-order valence-electron chi connectivity index (χ4n) is 1.59. The zero-order chi connectivity index (χ0) is 13.3. The van der Waals surface area contributed by atoms with Crippen LogP contribution in [0.25, 0.3) is 0 Å². The summed E-state index contributed by atoms with van der Waals surface area (Å²) in [7, 11) is 0. The molecule has 0 aliphatic heterocycles. The van der Waals surface area contributed by atoms with Crippen molar-refractivity contribution in [3.63, 3.8) is 0 Å². The maximum atomic E-state index is 13.5. The number of aliphatic hydroxyl groups is 1. The number of rotatable bonds is 2. The Hall–Kier alpha value is -1.16. The van der Waals surface area contributed by atoms with E-state index in [0.29, 0.717) is 10.6 Å². The van der Waals surface area contributed by atoms with Crippen LogP contribution in [0.15, 0.2) is 36.4 Å². The molecule has 2 aromatic carbocycles. The Balaban J connectivity index is 2.44. The number of hydrogen-bond acceptors (Lipinski definition) is 1. The van der Waals surface area contributed by atoms with Crippen LogP contribution in [0.5, 0.6) is 0 Å². The summed E-state index contributed by atoms with van der Waals surface area (Å²) in [5.74, 6) is -2.08. The van der Waals surface area contributed by atoms with E-state index in [9.17, 15) is 13.9 Å². The Labute approximate surface area is 113 Å². The first-order valence-corrected chi connectivity index (χ1v) is 5.83. The predicted octanol–water partition coefficient (Wildman–Crippen LogP) is 4.35. The number of halogens is 4. The van der Waals surface area contributed by atoms with Gasteiger partial charge < -0.3 is 5.11 Å². The van der Waals surface area contributed by atoms with E-state index in [2.05, 4.69) is 0 Å². The van der Waals surface area contributed by atoms with E-state index < -0.39 is 17.7 Å². The van der Waals surface area contributed by atoms with Crippen molar-refractivity contribution in [1.82, 2.24) is 0 Å². The minimum Gasteiger partial charge on any atom is -0.384 e. The molecule has 0 bridgehead atoms. The molecule has 1 nitrogen and oxygen atoms in total. The molecular formula is C13H8Cl2F2O. The van der Waals surface area contributed by atoms with Crippen LogP contribution in [0.4, 0.5) is 8.78 Å². The van der Waals surface area contributed by atoms with Crippen molar-refractivity contribution in [3.05, 3.63) is 69.2 Å². The van der Waals surface area contributed by atoms with Crippen molar-refractivity contribution in [2.45, 2.75) is 6.10 Å². The molecule has 1 unspecified atom stereocenters. The van der Waals surface area contributed by atoms with Crippen LogP contribution in [0, 0.1) is 11.6 Å².